The molecule has 1 aliphatic rings. The molecule has 0 radical (unpaired) electrons. The number of hydrogen-bond acceptors (Lipinski definition) is 4. The Morgan fingerprint density at radius 3 is 2.17 bits per heavy atom. The quantitative estimate of drug-likeness (QED) is 0.487. The molecule has 35 heavy (non-hydrogen) atoms. The van der Waals surface area contributed by atoms with Crippen molar-refractivity contribution in [3.8, 4) is 0 Å². The van der Waals surface area contributed by atoms with E-state index < -0.39 is 6.04 Å². The molecule has 1 heterocycles. The van der Waals surface area contributed by atoms with E-state index in [1.165, 1.54) is 0 Å². The first-order valence-electron chi connectivity index (χ1n) is 11.9. The molecular formula is C28H31ClN4O2. The number of carbonyl (C=O) groups is 2. The lowest BCUT2D eigenvalue weighted by Gasteiger charge is -2.35. The monoisotopic (exact) mass is 490 g/mol. The third kappa shape index (κ3) is 6.84. The summed E-state index contributed by atoms with van der Waals surface area (Å²) in [5.74, 6) is 0.0209. The van der Waals surface area contributed by atoms with Gasteiger partial charge in [0, 0.05) is 56.0 Å². The van der Waals surface area contributed by atoms with Crippen LogP contribution in [-0.4, -0.2) is 49.4 Å². The van der Waals surface area contributed by atoms with Crippen molar-refractivity contribution in [3.63, 3.8) is 0 Å². The van der Waals surface area contributed by atoms with Crippen LogP contribution in [0.5, 0.6) is 0 Å². The van der Waals surface area contributed by atoms with Crippen LogP contribution in [0.15, 0.2) is 78.9 Å². The lowest BCUT2D eigenvalue weighted by molar-refractivity contribution is -0.129. The molecule has 1 atom stereocenters. The molecule has 3 aromatic rings. The van der Waals surface area contributed by atoms with Crippen LogP contribution >= 0.6 is 11.6 Å². The largest absolute Gasteiger partial charge is 0.368 e. The zero-order valence-electron chi connectivity index (χ0n) is 19.9. The maximum atomic E-state index is 13.2. The minimum atomic E-state index is -0.470. The van der Waals surface area contributed by atoms with Gasteiger partial charge >= 0.3 is 0 Å². The van der Waals surface area contributed by atoms with Crippen molar-refractivity contribution in [2.75, 3.05) is 42.9 Å². The number of benzene rings is 3. The molecule has 4 rings (SSSR count). The normalized spacial score (nSPS) is 14.5. The Balaban J connectivity index is 1.37. The van der Waals surface area contributed by atoms with Crippen LogP contribution < -0.4 is 15.5 Å². The standard InChI is InChI=1S/C28H31ClN4O2/c1-21(34)32-17-19-33(20-18-32)26-13-11-25(12-14-26)31-28(35)27(23-5-3-2-4-6-23)30-16-15-22-7-9-24(29)10-8-22/h2-14,27,30H,15-20H2,1H3,(H,31,35)/t27-/m0/s1. The van der Waals surface area contributed by atoms with Gasteiger partial charge in [0.25, 0.3) is 0 Å². The lowest BCUT2D eigenvalue weighted by atomic mass is 10.1. The minimum absolute atomic E-state index is 0.102. The third-order valence-corrected chi connectivity index (χ3v) is 6.55. The van der Waals surface area contributed by atoms with Crippen molar-refractivity contribution < 1.29 is 9.59 Å². The SMILES string of the molecule is CC(=O)N1CCN(c2ccc(NC(=O)[C@@H](NCCc3ccc(Cl)cc3)c3ccccc3)cc2)CC1. The highest BCUT2D eigenvalue weighted by Gasteiger charge is 2.21. The second-order valence-corrected chi connectivity index (χ2v) is 9.14. The number of nitrogens with zero attached hydrogens (tertiary/aromatic N) is 2. The molecular weight excluding hydrogens is 460 g/mol. The van der Waals surface area contributed by atoms with Gasteiger partial charge in [-0.1, -0.05) is 54.1 Å². The summed E-state index contributed by atoms with van der Waals surface area (Å²) in [5, 5.41) is 7.18. The maximum Gasteiger partial charge on any atom is 0.246 e. The third-order valence-electron chi connectivity index (χ3n) is 6.30. The molecule has 0 bridgehead atoms. The first-order chi connectivity index (χ1) is 17.0. The van der Waals surface area contributed by atoms with Crippen molar-refractivity contribution >= 4 is 34.8 Å². The zero-order chi connectivity index (χ0) is 24.6. The highest BCUT2D eigenvalue weighted by Crippen LogP contribution is 2.21. The number of amides is 2. The van der Waals surface area contributed by atoms with E-state index in [2.05, 4.69) is 15.5 Å². The van der Waals surface area contributed by atoms with Gasteiger partial charge < -0.3 is 20.4 Å². The van der Waals surface area contributed by atoms with Gasteiger partial charge in [-0.3, -0.25) is 9.59 Å². The molecule has 6 nitrogen and oxygen atoms in total. The van der Waals surface area contributed by atoms with E-state index >= 15 is 0 Å². The van der Waals surface area contributed by atoms with Crippen LogP contribution in [0, 0.1) is 0 Å². The Morgan fingerprint density at radius 2 is 1.54 bits per heavy atom. The van der Waals surface area contributed by atoms with Crippen molar-refractivity contribution in [3.05, 3.63) is 95.0 Å². The predicted molar refractivity (Wildman–Crippen MR) is 142 cm³/mol. The number of carbonyl (C=O) groups excluding carboxylic acids is 2. The molecule has 7 heteroatoms. The molecule has 0 spiro atoms. The van der Waals surface area contributed by atoms with E-state index in [0.29, 0.717) is 11.6 Å². The maximum absolute atomic E-state index is 13.2. The summed E-state index contributed by atoms with van der Waals surface area (Å²) in [5.41, 5.74) is 3.92. The Hall–Kier alpha value is -3.35. The van der Waals surface area contributed by atoms with Crippen molar-refractivity contribution in [2.24, 2.45) is 0 Å². The van der Waals surface area contributed by atoms with E-state index in [1.807, 2.05) is 83.8 Å². The molecule has 1 fully saturated rings. The summed E-state index contributed by atoms with van der Waals surface area (Å²) in [6.07, 6.45) is 0.791. The Kier molecular flexibility index (Phi) is 8.40. The molecule has 0 unspecified atom stereocenters. The highest BCUT2D eigenvalue weighted by molar-refractivity contribution is 6.30. The van der Waals surface area contributed by atoms with Crippen LogP contribution in [0.2, 0.25) is 5.02 Å². The summed E-state index contributed by atoms with van der Waals surface area (Å²) in [4.78, 5) is 28.9. The number of anilines is 2. The van der Waals surface area contributed by atoms with E-state index in [-0.39, 0.29) is 11.8 Å². The van der Waals surface area contributed by atoms with Crippen LogP contribution in [0.4, 0.5) is 11.4 Å². The second kappa shape index (κ2) is 11.9. The van der Waals surface area contributed by atoms with Gasteiger partial charge in [-0.05, 0) is 53.9 Å². The highest BCUT2D eigenvalue weighted by atomic mass is 35.5. The second-order valence-electron chi connectivity index (χ2n) is 8.70. The summed E-state index contributed by atoms with van der Waals surface area (Å²) in [7, 11) is 0. The first kappa shape index (κ1) is 24.8. The van der Waals surface area contributed by atoms with E-state index in [9.17, 15) is 9.59 Å². The number of halogens is 1. The van der Waals surface area contributed by atoms with Gasteiger partial charge in [0.05, 0.1) is 0 Å². The Labute approximate surface area is 211 Å². The van der Waals surface area contributed by atoms with Gasteiger partial charge in [-0.2, -0.15) is 0 Å². The summed E-state index contributed by atoms with van der Waals surface area (Å²) < 4.78 is 0. The van der Waals surface area contributed by atoms with E-state index in [1.54, 1.807) is 6.92 Å². The van der Waals surface area contributed by atoms with Crippen molar-refractivity contribution in [2.45, 2.75) is 19.4 Å². The van der Waals surface area contributed by atoms with Crippen LogP contribution in [0.25, 0.3) is 0 Å². The van der Waals surface area contributed by atoms with Crippen LogP contribution in [-0.2, 0) is 16.0 Å². The molecule has 2 amide bonds. The van der Waals surface area contributed by atoms with Crippen molar-refractivity contribution in [1.82, 2.24) is 10.2 Å². The van der Waals surface area contributed by atoms with E-state index in [0.717, 1.165) is 55.1 Å². The fourth-order valence-corrected chi connectivity index (χ4v) is 4.39. The fourth-order valence-electron chi connectivity index (χ4n) is 4.27. The fraction of sp³-hybridized carbons (Fsp3) is 0.286. The molecule has 1 saturated heterocycles. The minimum Gasteiger partial charge on any atom is -0.368 e. The number of piperazine rings is 1. The summed E-state index contributed by atoms with van der Waals surface area (Å²) in [6, 6.07) is 24.9. The molecule has 182 valence electrons. The average Bonchev–Trinajstić information content (AvgIpc) is 2.88. The van der Waals surface area contributed by atoms with Crippen molar-refractivity contribution in [1.29, 1.82) is 0 Å². The molecule has 2 N–H and O–H groups in total. The molecule has 3 aromatic carbocycles. The van der Waals surface area contributed by atoms with Gasteiger partial charge in [0.1, 0.15) is 6.04 Å². The van der Waals surface area contributed by atoms with Crippen LogP contribution in [0.1, 0.15) is 24.1 Å². The molecule has 0 aliphatic carbocycles. The van der Waals surface area contributed by atoms with Gasteiger partial charge in [-0.25, -0.2) is 0 Å². The predicted octanol–water partition coefficient (Wildman–Crippen LogP) is 4.52. The van der Waals surface area contributed by atoms with Crippen LogP contribution in [0.3, 0.4) is 0 Å². The van der Waals surface area contributed by atoms with Gasteiger partial charge in [0.2, 0.25) is 11.8 Å². The smallest absolute Gasteiger partial charge is 0.246 e. The number of hydrogen-bond donors (Lipinski definition) is 2. The lowest BCUT2D eigenvalue weighted by Crippen LogP contribution is -2.48. The summed E-state index contributed by atoms with van der Waals surface area (Å²) in [6.45, 7) is 5.34. The van der Waals surface area contributed by atoms with E-state index in [4.69, 9.17) is 11.6 Å². The number of nitrogens with one attached hydrogen (secondary N) is 2. The molecule has 1 aliphatic heterocycles. The Bertz CT molecular complexity index is 1110. The topological polar surface area (TPSA) is 64.7 Å². The first-order valence-corrected chi connectivity index (χ1v) is 12.3. The average molecular weight is 491 g/mol. The number of rotatable bonds is 8. The van der Waals surface area contributed by atoms with Gasteiger partial charge in [-0.15, -0.1) is 0 Å². The molecule has 0 saturated carbocycles. The molecule has 0 aromatic heterocycles. The van der Waals surface area contributed by atoms with Gasteiger partial charge in [0.15, 0.2) is 0 Å². The summed E-state index contributed by atoms with van der Waals surface area (Å²) >= 11 is 5.98. The zero-order valence-corrected chi connectivity index (χ0v) is 20.7. The Morgan fingerprint density at radius 1 is 0.886 bits per heavy atom.